The van der Waals surface area contributed by atoms with Crippen molar-refractivity contribution in [2.24, 2.45) is 0 Å². The molecule has 0 bridgehead atoms. The quantitative estimate of drug-likeness (QED) is 0.581. The molecule has 0 aliphatic heterocycles. The topological polar surface area (TPSA) is 52.7 Å². The molecule has 0 amide bonds. The lowest BCUT2D eigenvalue weighted by Gasteiger charge is -2.03. The molecule has 1 aliphatic rings. The summed E-state index contributed by atoms with van der Waals surface area (Å²) in [7, 11) is 0. The minimum absolute atomic E-state index is 0.811. The lowest BCUT2D eigenvalue weighted by Crippen LogP contribution is -2.28. The van der Waals surface area contributed by atoms with Gasteiger partial charge in [-0.2, -0.15) is 5.10 Å². The summed E-state index contributed by atoms with van der Waals surface area (Å²) in [5.41, 5.74) is 2.32. The summed E-state index contributed by atoms with van der Waals surface area (Å²) >= 11 is 0. The van der Waals surface area contributed by atoms with Crippen LogP contribution in [-0.4, -0.2) is 29.3 Å². The van der Waals surface area contributed by atoms with Crippen LogP contribution in [0.1, 0.15) is 31.2 Å². The van der Waals surface area contributed by atoms with Crippen LogP contribution in [0.4, 0.5) is 0 Å². The number of aromatic amines is 1. The molecule has 4 heteroatoms. The predicted molar refractivity (Wildman–Crippen MR) is 60.7 cm³/mol. The van der Waals surface area contributed by atoms with E-state index >= 15 is 0 Å². The Morgan fingerprint density at radius 1 is 1.47 bits per heavy atom. The molecule has 2 rings (SSSR count). The number of aromatic nitrogens is 2. The van der Waals surface area contributed by atoms with Gasteiger partial charge >= 0.3 is 0 Å². The summed E-state index contributed by atoms with van der Waals surface area (Å²) in [6.45, 7) is 5.10. The summed E-state index contributed by atoms with van der Waals surface area (Å²) in [6.07, 6.45) is 3.72. The summed E-state index contributed by atoms with van der Waals surface area (Å²) in [6, 6.07) is 2.94. The number of aryl methyl sites for hydroxylation is 1. The second-order valence-corrected chi connectivity index (χ2v) is 4.14. The van der Waals surface area contributed by atoms with Gasteiger partial charge in [0.05, 0.1) is 5.69 Å². The second-order valence-electron chi connectivity index (χ2n) is 4.14. The van der Waals surface area contributed by atoms with Crippen LogP contribution in [-0.2, 0) is 13.0 Å². The fourth-order valence-electron chi connectivity index (χ4n) is 1.56. The molecule has 0 atom stereocenters. The Labute approximate surface area is 90.8 Å². The summed E-state index contributed by atoms with van der Waals surface area (Å²) in [5, 5.41) is 14.1. The van der Waals surface area contributed by atoms with Crippen molar-refractivity contribution in [3.05, 3.63) is 17.5 Å². The second kappa shape index (κ2) is 5.28. The highest BCUT2D eigenvalue weighted by atomic mass is 15.1. The van der Waals surface area contributed by atoms with E-state index < -0.39 is 0 Å². The maximum absolute atomic E-state index is 4.19. The SMILES string of the molecule is CCc1cc(CNCCNC2CC2)[nH]n1. The van der Waals surface area contributed by atoms with Gasteiger partial charge in [-0.1, -0.05) is 6.92 Å². The first-order chi connectivity index (χ1) is 7.38. The molecule has 84 valence electrons. The van der Waals surface area contributed by atoms with Crippen LogP contribution in [0.2, 0.25) is 0 Å². The van der Waals surface area contributed by atoms with E-state index in [4.69, 9.17) is 0 Å². The third-order valence-electron chi connectivity index (χ3n) is 2.67. The van der Waals surface area contributed by atoms with Gasteiger partial charge in [0.15, 0.2) is 0 Å². The smallest absolute Gasteiger partial charge is 0.0622 e. The minimum atomic E-state index is 0.811. The maximum atomic E-state index is 4.19. The zero-order valence-electron chi connectivity index (χ0n) is 9.34. The van der Waals surface area contributed by atoms with Gasteiger partial charge in [0.2, 0.25) is 0 Å². The highest BCUT2D eigenvalue weighted by molar-refractivity contribution is 5.07. The van der Waals surface area contributed by atoms with Crippen LogP contribution in [0.25, 0.3) is 0 Å². The normalized spacial score (nSPS) is 15.8. The molecule has 0 radical (unpaired) electrons. The Morgan fingerprint density at radius 2 is 2.33 bits per heavy atom. The Hall–Kier alpha value is -0.870. The van der Waals surface area contributed by atoms with Crippen molar-refractivity contribution in [1.29, 1.82) is 0 Å². The fourth-order valence-corrected chi connectivity index (χ4v) is 1.56. The number of H-pyrrole nitrogens is 1. The first-order valence-electron chi connectivity index (χ1n) is 5.85. The molecule has 3 N–H and O–H groups in total. The molecule has 1 aliphatic carbocycles. The van der Waals surface area contributed by atoms with Crippen LogP contribution < -0.4 is 10.6 Å². The average molecular weight is 208 g/mol. The van der Waals surface area contributed by atoms with Crippen molar-refractivity contribution in [3.8, 4) is 0 Å². The Bertz CT molecular complexity index is 291. The molecule has 0 spiro atoms. The molecule has 1 heterocycles. The van der Waals surface area contributed by atoms with Gasteiger partial charge in [0.25, 0.3) is 0 Å². The molecule has 0 unspecified atom stereocenters. The van der Waals surface area contributed by atoms with Crippen LogP contribution in [0.3, 0.4) is 0 Å². The summed E-state index contributed by atoms with van der Waals surface area (Å²) in [4.78, 5) is 0. The average Bonchev–Trinajstić information content (AvgIpc) is 2.96. The van der Waals surface area contributed by atoms with Gasteiger partial charge in [-0.15, -0.1) is 0 Å². The predicted octanol–water partition coefficient (Wildman–Crippen LogP) is 0.814. The molecule has 0 saturated heterocycles. The van der Waals surface area contributed by atoms with Gasteiger partial charge in [-0.25, -0.2) is 0 Å². The monoisotopic (exact) mass is 208 g/mol. The van der Waals surface area contributed by atoms with Gasteiger partial charge in [-0.05, 0) is 25.3 Å². The van der Waals surface area contributed by atoms with Crippen LogP contribution >= 0.6 is 0 Å². The van der Waals surface area contributed by atoms with Crippen molar-refractivity contribution in [3.63, 3.8) is 0 Å². The number of hydrogen-bond donors (Lipinski definition) is 3. The lowest BCUT2D eigenvalue weighted by atomic mass is 10.3. The molecule has 0 aromatic carbocycles. The van der Waals surface area contributed by atoms with Gasteiger partial charge in [0.1, 0.15) is 0 Å². The van der Waals surface area contributed by atoms with E-state index in [1.807, 2.05) is 0 Å². The van der Waals surface area contributed by atoms with E-state index in [0.29, 0.717) is 0 Å². The largest absolute Gasteiger partial charge is 0.313 e. The lowest BCUT2D eigenvalue weighted by molar-refractivity contribution is 0.603. The zero-order chi connectivity index (χ0) is 10.5. The van der Waals surface area contributed by atoms with E-state index in [1.54, 1.807) is 0 Å². The van der Waals surface area contributed by atoms with E-state index in [1.165, 1.54) is 18.5 Å². The molecule has 4 nitrogen and oxygen atoms in total. The van der Waals surface area contributed by atoms with Crippen molar-refractivity contribution in [2.45, 2.75) is 38.8 Å². The summed E-state index contributed by atoms with van der Waals surface area (Å²) in [5.74, 6) is 0. The number of hydrogen-bond acceptors (Lipinski definition) is 3. The fraction of sp³-hybridized carbons (Fsp3) is 0.727. The van der Waals surface area contributed by atoms with Crippen LogP contribution in [0.15, 0.2) is 6.07 Å². The third-order valence-corrected chi connectivity index (χ3v) is 2.67. The van der Waals surface area contributed by atoms with Crippen LogP contribution in [0, 0.1) is 0 Å². The van der Waals surface area contributed by atoms with E-state index in [2.05, 4.69) is 33.8 Å². The Kier molecular flexibility index (Phi) is 3.75. The summed E-state index contributed by atoms with van der Waals surface area (Å²) < 4.78 is 0. The van der Waals surface area contributed by atoms with Gasteiger partial charge in [0, 0.05) is 31.4 Å². The van der Waals surface area contributed by atoms with E-state index in [-0.39, 0.29) is 0 Å². The van der Waals surface area contributed by atoms with Crippen molar-refractivity contribution < 1.29 is 0 Å². The number of rotatable bonds is 7. The minimum Gasteiger partial charge on any atom is -0.313 e. The third kappa shape index (κ3) is 3.64. The molecule has 1 aromatic heterocycles. The first-order valence-corrected chi connectivity index (χ1v) is 5.85. The Balaban J connectivity index is 1.56. The van der Waals surface area contributed by atoms with Gasteiger partial charge in [-0.3, -0.25) is 5.10 Å². The molecule has 1 aromatic rings. The highest BCUT2D eigenvalue weighted by Gasteiger charge is 2.19. The van der Waals surface area contributed by atoms with Crippen molar-refractivity contribution in [2.75, 3.05) is 13.1 Å². The van der Waals surface area contributed by atoms with Crippen molar-refractivity contribution >= 4 is 0 Å². The van der Waals surface area contributed by atoms with Crippen molar-refractivity contribution in [1.82, 2.24) is 20.8 Å². The molecule has 1 fully saturated rings. The molecular weight excluding hydrogens is 188 g/mol. The standard InChI is InChI=1S/C11H20N4/c1-2-9-7-11(15-14-9)8-12-5-6-13-10-3-4-10/h7,10,12-13H,2-6,8H2,1H3,(H,14,15). The van der Waals surface area contributed by atoms with Gasteiger partial charge < -0.3 is 10.6 Å². The number of nitrogens with one attached hydrogen (secondary N) is 3. The van der Waals surface area contributed by atoms with E-state index in [9.17, 15) is 0 Å². The van der Waals surface area contributed by atoms with Crippen LogP contribution in [0.5, 0.6) is 0 Å². The molecule has 15 heavy (non-hydrogen) atoms. The zero-order valence-corrected chi connectivity index (χ0v) is 9.34. The first kappa shape index (κ1) is 10.6. The Morgan fingerprint density at radius 3 is 3.00 bits per heavy atom. The highest BCUT2D eigenvalue weighted by Crippen LogP contribution is 2.17. The molecular formula is C11H20N4. The van der Waals surface area contributed by atoms with E-state index in [0.717, 1.165) is 37.8 Å². The number of nitrogens with zero attached hydrogens (tertiary/aromatic N) is 1. The molecule has 1 saturated carbocycles. The maximum Gasteiger partial charge on any atom is 0.0622 e.